The van der Waals surface area contributed by atoms with Crippen LogP contribution in [0.25, 0.3) is 10.2 Å². The van der Waals surface area contributed by atoms with Gasteiger partial charge in [-0.1, -0.05) is 18.2 Å². The number of carbonyl (C=O) groups is 1. The van der Waals surface area contributed by atoms with Crippen LogP contribution in [0, 0.1) is 0 Å². The van der Waals surface area contributed by atoms with Gasteiger partial charge >= 0.3 is 0 Å². The van der Waals surface area contributed by atoms with Gasteiger partial charge in [0.1, 0.15) is 0 Å². The molecule has 0 unspecified atom stereocenters. The molecule has 6 nitrogen and oxygen atoms in total. The third-order valence-electron chi connectivity index (χ3n) is 3.11. The van der Waals surface area contributed by atoms with Crippen molar-refractivity contribution in [1.82, 2.24) is 10.4 Å². The van der Waals surface area contributed by atoms with Crippen LogP contribution in [0.4, 0.5) is 0 Å². The summed E-state index contributed by atoms with van der Waals surface area (Å²) in [5.41, 5.74) is 3.61. The summed E-state index contributed by atoms with van der Waals surface area (Å²) in [7, 11) is 1.46. The summed E-state index contributed by atoms with van der Waals surface area (Å²) < 4.78 is 5.95. The van der Waals surface area contributed by atoms with Gasteiger partial charge in [-0.15, -0.1) is 11.3 Å². The van der Waals surface area contributed by atoms with Crippen molar-refractivity contribution < 1.29 is 14.6 Å². The number of phenols is 1. The molecule has 2 aromatic carbocycles. The lowest BCUT2D eigenvalue weighted by molar-refractivity contribution is 0.0955. The molecule has 1 heterocycles. The zero-order valence-corrected chi connectivity index (χ0v) is 13.0. The van der Waals surface area contributed by atoms with E-state index in [2.05, 4.69) is 15.5 Å². The highest BCUT2D eigenvalue weighted by molar-refractivity contribution is 7.20. The highest BCUT2D eigenvalue weighted by Gasteiger charge is 2.11. The fourth-order valence-electron chi connectivity index (χ4n) is 1.99. The maximum absolute atomic E-state index is 12.0. The molecule has 0 spiro atoms. The number of rotatable bonds is 4. The Balaban J connectivity index is 1.73. The molecule has 0 saturated heterocycles. The molecule has 0 aliphatic rings. The van der Waals surface area contributed by atoms with Gasteiger partial charge in [0.15, 0.2) is 16.5 Å². The number of ether oxygens (including phenoxy) is 1. The first-order chi connectivity index (χ1) is 11.2. The molecule has 1 amide bonds. The Bertz CT molecular complexity index is 856. The standard InChI is InChI=1S/C16H13N3O3S/c1-22-12-7-4-5-10(14(12)20)9-17-19-15(21)16-18-11-6-2-3-8-13(11)23-16/h2-9,20H,1H3,(H,19,21). The molecule has 3 rings (SSSR count). The number of nitrogens with one attached hydrogen (secondary N) is 1. The van der Waals surface area contributed by atoms with Gasteiger partial charge in [0.2, 0.25) is 0 Å². The zero-order chi connectivity index (χ0) is 16.2. The van der Waals surface area contributed by atoms with E-state index in [9.17, 15) is 9.90 Å². The van der Waals surface area contributed by atoms with Crippen LogP contribution in [0.3, 0.4) is 0 Å². The Morgan fingerprint density at radius 3 is 2.91 bits per heavy atom. The van der Waals surface area contributed by atoms with Crippen LogP contribution in [0.5, 0.6) is 11.5 Å². The molecule has 0 saturated carbocycles. The van der Waals surface area contributed by atoms with Crippen LogP contribution in [-0.4, -0.2) is 29.3 Å². The smallest absolute Gasteiger partial charge is 0.300 e. The predicted octanol–water partition coefficient (Wildman–Crippen LogP) is 2.77. The van der Waals surface area contributed by atoms with E-state index in [-0.39, 0.29) is 5.75 Å². The van der Waals surface area contributed by atoms with Gasteiger partial charge in [0.25, 0.3) is 5.91 Å². The lowest BCUT2D eigenvalue weighted by Crippen LogP contribution is -2.17. The van der Waals surface area contributed by atoms with E-state index in [0.717, 1.165) is 10.2 Å². The maximum Gasteiger partial charge on any atom is 0.300 e. The minimum Gasteiger partial charge on any atom is -0.504 e. The van der Waals surface area contributed by atoms with Crippen LogP contribution in [0.15, 0.2) is 47.6 Å². The number of amides is 1. The zero-order valence-electron chi connectivity index (χ0n) is 12.2. The number of hydrogen-bond acceptors (Lipinski definition) is 6. The van der Waals surface area contributed by atoms with Crippen molar-refractivity contribution in [2.75, 3.05) is 7.11 Å². The quantitative estimate of drug-likeness (QED) is 0.570. The second kappa shape index (κ2) is 6.45. The van der Waals surface area contributed by atoms with E-state index in [1.165, 1.54) is 24.7 Å². The van der Waals surface area contributed by atoms with Crippen molar-refractivity contribution in [3.8, 4) is 11.5 Å². The third kappa shape index (κ3) is 3.14. The molecule has 0 bridgehead atoms. The summed E-state index contributed by atoms with van der Waals surface area (Å²) in [6.45, 7) is 0. The number of para-hydroxylation sites is 2. The van der Waals surface area contributed by atoms with E-state index >= 15 is 0 Å². The molecule has 3 aromatic rings. The molecular formula is C16H13N3O3S. The van der Waals surface area contributed by atoms with Crippen molar-refractivity contribution >= 4 is 33.7 Å². The number of methoxy groups -OCH3 is 1. The summed E-state index contributed by atoms with van der Waals surface area (Å²) in [4.78, 5) is 16.3. The second-order valence-corrected chi connectivity index (χ2v) is 5.61. The Morgan fingerprint density at radius 2 is 2.13 bits per heavy atom. The number of hydrazone groups is 1. The number of phenolic OH excluding ortho intramolecular Hbond substituents is 1. The third-order valence-corrected chi connectivity index (χ3v) is 4.14. The average molecular weight is 327 g/mol. The number of aromatic hydroxyl groups is 1. The molecule has 0 radical (unpaired) electrons. The fraction of sp³-hybridized carbons (Fsp3) is 0.0625. The lowest BCUT2D eigenvalue weighted by Gasteiger charge is -2.04. The number of hydrogen-bond donors (Lipinski definition) is 2. The molecule has 23 heavy (non-hydrogen) atoms. The topological polar surface area (TPSA) is 83.8 Å². The van der Waals surface area contributed by atoms with E-state index in [4.69, 9.17) is 4.74 Å². The number of aromatic nitrogens is 1. The molecule has 1 aromatic heterocycles. The fourth-order valence-corrected chi connectivity index (χ4v) is 2.84. The van der Waals surface area contributed by atoms with E-state index < -0.39 is 5.91 Å². The summed E-state index contributed by atoms with van der Waals surface area (Å²) in [5.74, 6) is -0.0933. The normalized spacial score (nSPS) is 11.0. The monoisotopic (exact) mass is 327 g/mol. The van der Waals surface area contributed by atoms with Crippen molar-refractivity contribution in [1.29, 1.82) is 0 Å². The minimum absolute atomic E-state index is 0.0343. The minimum atomic E-state index is -0.398. The van der Waals surface area contributed by atoms with Gasteiger partial charge in [0, 0.05) is 5.56 Å². The van der Waals surface area contributed by atoms with Crippen molar-refractivity contribution in [3.63, 3.8) is 0 Å². The van der Waals surface area contributed by atoms with Crippen LogP contribution >= 0.6 is 11.3 Å². The molecule has 0 atom stereocenters. The molecular weight excluding hydrogens is 314 g/mol. The molecule has 116 valence electrons. The van der Waals surface area contributed by atoms with Crippen molar-refractivity contribution in [3.05, 3.63) is 53.0 Å². The Hall–Kier alpha value is -2.93. The average Bonchev–Trinajstić information content (AvgIpc) is 3.00. The molecule has 2 N–H and O–H groups in total. The number of nitrogens with zero attached hydrogens (tertiary/aromatic N) is 2. The predicted molar refractivity (Wildman–Crippen MR) is 89.3 cm³/mol. The summed E-state index contributed by atoms with van der Waals surface area (Å²) in [6.07, 6.45) is 1.35. The summed E-state index contributed by atoms with van der Waals surface area (Å²) >= 11 is 1.29. The van der Waals surface area contributed by atoms with E-state index in [1.807, 2.05) is 24.3 Å². The van der Waals surface area contributed by atoms with Crippen LogP contribution in [-0.2, 0) is 0 Å². The van der Waals surface area contributed by atoms with Crippen LogP contribution in [0.1, 0.15) is 15.4 Å². The largest absolute Gasteiger partial charge is 0.504 e. The summed E-state index contributed by atoms with van der Waals surface area (Å²) in [6, 6.07) is 12.5. The van der Waals surface area contributed by atoms with Gasteiger partial charge in [-0.05, 0) is 24.3 Å². The Kier molecular flexibility index (Phi) is 4.20. The first-order valence-electron chi connectivity index (χ1n) is 6.74. The molecule has 0 aliphatic carbocycles. The van der Waals surface area contributed by atoms with Crippen molar-refractivity contribution in [2.24, 2.45) is 5.10 Å². The number of thiazole rings is 1. The van der Waals surface area contributed by atoms with Crippen LogP contribution < -0.4 is 10.2 Å². The molecule has 0 aliphatic heterocycles. The highest BCUT2D eigenvalue weighted by Crippen LogP contribution is 2.28. The Morgan fingerprint density at radius 1 is 1.30 bits per heavy atom. The summed E-state index contributed by atoms with van der Waals surface area (Å²) in [5, 5.41) is 14.1. The van der Waals surface area contributed by atoms with Gasteiger partial charge in [0.05, 0.1) is 23.5 Å². The van der Waals surface area contributed by atoms with Gasteiger partial charge in [-0.25, -0.2) is 10.4 Å². The maximum atomic E-state index is 12.0. The highest BCUT2D eigenvalue weighted by atomic mass is 32.1. The van der Waals surface area contributed by atoms with Crippen molar-refractivity contribution in [2.45, 2.75) is 0 Å². The molecule has 7 heteroatoms. The van der Waals surface area contributed by atoms with E-state index in [1.54, 1.807) is 18.2 Å². The lowest BCUT2D eigenvalue weighted by atomic mass is 10.2. The number of carbonyl (C=O) groups excluding carboxylic acids is 1. The van der Waals surface area contributed by atoms with Gasteiger partial charge < -0.3 is 9.84 Å². The first-order valence-corrected chi connectivity index (χ1v) is 7.55. The van der Waals surface area contributed by atoms with Gasteiger partial charge in [-0.3, -0.25) is 4.79 Å². The van der Waals surface area contributed by atoms with Gasteiger partial charge in [-0.2, -0.15) is 5.10 Å². The number of benzene rings is 2. The second-order valence-electron chi connectivity index (χ2n) is 4.58. The molecule has 0 fully saturated rings. The Labute approximate surface area is 136 Å². The first kappa shape index (κ1) is 15.0. The SMILES string of the molecule is COc1cccc(C=NNC(=O)c2nc3ccccc3s2)c1O. The van der Waals surface area contributed by atoms with E-state index in [0.29, 0.717) is 16.3 Å². The van der Waals surface area contributed by atoms with Crippen LogP contribution in [0.2, 0.25) is 0 Å². The number of fused-ring (bicyclic) bond motifs is 1.